The van der Waals surface area contributed by atoms with Gasteiger partial charge in [-0.1, -0.05) is 42.0 Å². The number of hydrogen-bond acceptors (Lipinski definition) is 3. The standard InChI is InChI=1S/C16H13N3OS/c1-11-6-8-12(9-7-11)10-17-19-15(20)13-4-2-3-5-14(13)18-16(19)21/h2-10H,1H3,(H,18,21)/b17-10-. The van der Waals surface area contributed by atoms with Crippen LogP contribution >= 0.6 is 12.2 Å². The van der Waals surface area contributed by atoms with Gasteiger partial charge in [-0.2, -0.15) is 9.78 Å². The van der Waals surface area contributed by atoms with Crippen LogP contribution in [0.1, 0.15) is 11.1 Å². The third-order valence-corrected chi connectivity index (χ3v) is 3.46. The maximum Gasteiger partial charge on any atom is 0.282 e. The molecule has 0 unspecified atom stereocenters. The molecule has 1 heterocycles. The maximum atomic E-state index is 12.4. The van der Waals surface area contributed by atoms with Gasteiger partial charge in [0.15, 0.2) is 0 Å². The van der Waals surface area contributed by atoms with Gasteiger partial charge in [0.2, 0.25) is 4.77 Å². The molecule has 0 amide bonds. The minimum absolute atomic E-state index is 0.224. The lowest BCUT2D eigenvalue weighted by Crippen LogP contribution is -2.18. The van der Waals surface area contributed by atoms with Crippen LogP contribution in [0.2, 0.25) is 0 Å². The van der Waals surface area contributed by atoms with Crippen molar-refractivity contribution in [2.45, 2.75) is 6.92 Å². The molecule has 0 aliphatic carbocycles. The van der Waals surface area contributed by atoms with Crippen LogP contribution in [0, 0.1) is 11.7 Å². The smallest absolute Gasteiger partial charge is 0.282 e. The molecule has 0 fully saturated rings. The van der Waals surface area contributed by atoms with Gasteiger partial charge in [-0.25, -0.2) is 0 Å². The lowest BCUT2D eigenvalue weighted by Gasteiger charge is -2.02. The Balaban J connectivity index is 2.10. The fraction of sp³-hybridized carbons (Fsp3) is 0.0625. The molecule has 0 aliphatic rings. The minimum atomic E-state index is -0.224. The van der Waals surface area contributed by atoms with Crippen LogP contribution in [-0.2, 0) is 0 Å². The van der Waals surface area contributed by atoms with Gasteiger partial charge in [-0.05, 0) is 36.8 Å². The van der Waals surface area contributed by atoms with Gasteiger partial charge in [0, 0.05) is 0 Å². The number of nitrogens with zero attached hydrogens (tertiary/aromatic N) is 2. The predicted molar refractivity (Wildman–Crippen MR) is 87.6 cm³/mol. The van der Waals surface area contributed by atoms with Crippen molar-refractivity contribution in [3.05, 3.63) is 74.8 Å². The summed E-state index contributed by atoms with van der Waals surface area (Å²) in [5.74, 6) is 0. The fourth-order valence-corrected chi connectivity index (χ4v) is 2.27. The van der Waals surface area contributed by atoms with E-state index in [4.69, 9.17) is 12.2 Å². The summed E-state index contributed by atoms with van der Waals surface area (Å²) in [6.07, 6.45) is 1.62. The van der Waals surface area contributed by atoms with Crippen molar-refractivity contribution < 1.29 is 0 Å². The van der Waals surface area contributed by atoms with E-state index >= 15 is 0 Å². The van der Waals surface area contributed by atoms with E-state index in [9.17, 15) is 4.79 Å². The van der Waals surface area contributed by atoms with Crippen LogP contribution in [0.5, 0.6) is 0 Å². The van der Waals surface area contributed by atoms with Crippen LogP contribution in [0.3, 0.4) is 0 Å². The van der Waals surface area contributed by atoms with Gasteiger partial charge in [-0.3, -0.25) is 4.79 Å². The number of nitrogens with one attached hydrogen (secondary N) is 1. The van der Waals surface area contributed by atoms with E-state index in [-0.39, 0.29) is 10.3 Å². The van der Waals surface area contributed by atoms with Crippen molar-refractivity contribution in [3.63, 3.8) is 0 Å². The van der Waals surface area contributed by atoms with Crippen LogP contribution in [0.25, 0.3) is 10.9 Å². The van der Waals surface area contributed by atoms with Gasteiger partial charge in [0.05, 0.1) is 17.1 Å². The molecule has 21 heavy (non-hydrogen) atoms. The molecule has 0 saturated carbocycles. The van der Waals surface area contributed by atoms with Crippen LogP contribution in [0.15, 0.2) is 58.4 Å². The third kappa shape index (κ3) is 2.68. The molecular formula is C16H13N3OS. The molecule has 0 spiro atoms. The second-order valence-corrected chi connectivity index (χ2v) is 5.13. The van der Waals surface area contributed by atoms with E-state index in [1.54, 1.807) is 12.3 Å². The van der Waals surface area contributed by atoms with Gasteiger partial charge >= 0.3 is 0 Å². The molecule has 4 nitrogen and oxygen atoms in total. The molecule has 5 heteroatoms. The number of aromatic nitrogens is 2. The second kappa shape index (κ2) is 5.46. The SMILES string of the molecule is Cc1ccc(/C=N\n2c(=S)[nH]c3ccccc3c2=O)cc1. The summed E-state index contributed by atoms with van der Waals surface area (Å²) in [5.41, 5.74) is 2.58. The Bertz CT molecular complexity index is 936. The molecule has 0 radical (unpaired) electrons. The van der Waals surface area contributed by atoms with E-state index in [0.717, 1.165) is 5.56 Å². The third-order valence-electron chi connectivity index (χ3n) is 3.18. The number of para-hydroxylation sites is 1. The number of aromatic amines is 1. The first-order valence-electron chi connectivity index (χ1n) is 6.50. The monoisotopic (exact) mass is 295 g/mol. The summed E-state index contributed by atoms with van der Waals surface area (Å²) < 4.78 is 1.49. The van der Waals surface area contributed by atoms with E-state index in [1.807, 2.05) is 49.4 Å². The normalized spacial score (nSPS) is 11.3. The Kier molecular flexibility index (Phi) is 3.50. The highest BCUT2D eigenvalue weighted by atomic mass is 32.1. The number of benzene rings is 2. The topological polar surface area (TPSA) is 50.1 Å². The average Bonchev–Trinajstić information content (AvgIpc) is 2.49. The Hall–Kier alpha value is -2.53. The number of H-pyrrole nitrogens is 1. The summed E-state index contributed by atoms with van der Waals surface area (Å²) in [4.78, 5) is 15.4. The van der Waals surface area contributed by atoms with Gasteiger partial charge in [0.1, 0.15) is 0 Å². The Morgan fingerprint density at radius 2 is 1.86 bits per heavy atom. The van der Waals surface area contributed by atoms with Crippen molar-refractivity contribution in [1.29, 1.82) is 0 Å². The summed E-state index contributed by atoms with van der Waals surface area (Å²) in [6.45, 7) is 2.02. The van der Waals surface area contributed by atoms with Crippen LogP contribution < -0.4 is 5.56 Å². The summed E-state index contributed by atoms with van der Waals surface area (Å²) >= 11 is 5.20. The average molecular weight is 295 g/mol. The van der Waals surface area contributed by atoms with Crippen molar-refractivity contribution in [3.8, 4) is 0 Å². The van der Waals surface area contributed by atoms with E-state index in [1.165, 1.54) is 10.2 Å². The van der Waals surface area contributed by atoms with E-state index < -0.39 is 0 Å². The molecule has 3 rings (SSSR count). The Morgan fingerprint density at radius 3 is 2.62 bits per heavy atom. The molecule has 0 bridgehead atoms. The minimum Gasteiger partial charge on any atom is -0.330 e. The summed E-state index contributed by atoms with van der Waals surface area (Å²) in [6, 6.07) is 15.1. The first kappa shape index (κ1) is 13.5. The molecule has 1 N–H and O–H groups in total. The van der Waals surface area contributed by atoms with Gasteiger partial charge < -0.3 is 4.98 Å². The summed E-state index contributed by atoms with van der Waals surface area (Å²) in [5, 5.41) is 4.76. The van der Waals surface area contributed by atoms with Crippen molar-refractivity contribution in [2.24, 2.45) is 5.10 Å². The van der Waals surface area contributed by atoms with Crippen LogP contribution in [-0.4, -0.2) is 15.9 Å². The van der Waals surface area contributed by atoms with E-state index in [0.29, 0.717) is 10.9 Å². The predicted octanol–water partition coefficient (Wildman–Crippen LogP) is 3.25. The van der Waals surface area contributed by atoms with Gasteiger partial charge in [0.25, 0.3) is 5.56 Å². The highest BCUT2D eigenvalue weighted by molar-refractivity contribution is 7.71. The highest BCUT2D eigenvalue weighted by Gasteiger charge is 2.03. The number of hydrogen-bond donors (Lipinski definition) is 1. The number of aryl methyl sites for hydroxylation is 1. The molecule has 3 aromatic rings. The van der Waals surface area contributed by atoms with Crippen molar-refractivity contribution >= 4 is 29.3 Å². The summed E-state index contributed by atoms with van der Waals surface area (Å²) in [7, 11) is 0. The van der Waals surface area contributed by atoms with Gasteiger partial charge in [-0.15, -0.1) is 0 Å². The fourth-order valence-electron chi connectivity index (χ4n) is 2.03. The van der Waals surface area contributed by atoms with Crippen molar-refractivity contribution in [2.75, 3.05) is 0 Å². The molecule has 0 atom stereocenters. The van der Waals surface area contributed by atoms with Crippen molar-refractivity contribution in [1.82, 2.24) is 9.66 Å². The molecule has 1 aromatic heterocycles. The van der Waals surface area contributed by atoms with E-state index in [2.05, 4.69) is 10.1 Å². The Morgan fingerprint density at radius 1 is 1.14 bits per heavy atom. The number of rotatable bonds is 2. The maximum absolute atomic E-state index is 12.4. The lowest BCUT2D eigenvalue weighted by atomic mass is 10.2. The largest absolute Gasteiger partial charge is 0.330 e. The number of fused-ring (bicyclic) bond motifs is 1. The molecular weight excluding hydrogens is 282 g/mol. The molecule has 104 valence electrons. The zero-order valence-electron chi connectivity index (χ0n) is 11.4. The van der Waals surface area contributed by atoms with Crippen LogP contribution in [0.4, 0.5) is 0 Å². The first-order valence-corrected chi connectivity index (χ1v) is 6.91. The lowest BCUT2D eigenvalue weighted by molar-refractivity contribution is 0.800. The molecule has 0 saturated heterocycles. The zero-order chi connectivity index (χ0) is 14.8. The zero-order valence-corrected chi connectivity index (χ0v) is 12.2. The Labute approximate surface area is 126 Å². The molecule has 0 aliphatic heterocycles. The highest BCUT2D eigenvalue weighted by Crippen LogP contribution is 2.06. The first-order chi connectivity index (χ1) is 10.1. The molecule has 2 aromatic carbocycles. The second-order valence-electron chi connectivity index (χ2n) is 4.75. The quantitative estimate of drug-likeness (QED) is 0.583.